The molecule has 1 aromatic rings. The molecule has 7 heteroatoms. The van der Waals surface area contributed by atoms with Gasteiger partial charge in [-0.1, -0.05) is 36.9 Å². The van der Waals surface area contributed by atoms with Gasteiger partial charge in [-0.15, -0.1) is 0 Å². The smallest absolute Gasteiger partial charge is 0.450 e. The van der Waals surface area contributed by atoms with Crippen LogP contribution in [0.15, 0.2) is 24.3 Å². The minimum atomic E-state index is -1.42. The first-order chi connectivity index (χ1) is 10.4. The van der Waals surface area contributed by atoms with E-state index in [0.717, 1.165) is 17.3 Å². The molecule has 0 saturated heterocycles. The highest BCUT2D eigenvalue weighted by atomic mass is 32.2. The van der Waals surface area contributed by atoms with E-state index in [-0.39, 0.29) is 11.0 Å². The second-order valence-electron chi connectivity index (χ2n) is 5.08. The zero-order valence-electron chi connectivity index (χ0n) is 12.3. The number of amides is 1. The standard InChI is InChI=1S/C15H17NO5S/c1-9(8-22-10(2)17)14(18)16-12-6-4-3-5-11(12)7-13(16)21-15(19)20/h3-6,9,13H,7-8H2,1-2H3,(H,19,20). The van der Waals surface area contributed by atoms with E-state index in [2.05, 4.69) is 0 Å². The second-order valence-corrected chi connectivity index (χ2v) is 6.28. The highest BCUT2D eigenvalue weighted by Crippen LogP contribution is 2.34. The lowest BCUT2D eigenvalue weighted by molar-refractivity contribution is -0.123. The lowest BCUT2D eigenvalue weighted by Crippen LogP contribution is -2.43. The Kier molecular flexibility index (Phi) is 5.07. The number of anilines is 1. The van der Waals surface area contributed by atoms with Crippen LogP contribution >= 0.6 is 11.8 Å². The van der Waals surface area contributed by atoms with Gasteiger partial charge in [0.15, 0.2) is 11.3 Å². The first-order valence-electron chi connectivity index (χ1n) is 6.84. The van der Waals surface area contributed by atoms with E-state index in [4.69, 9.17) is 9.84 Å². The van der Waals surface area contributed by atoms with Crippen molar-refractivity contribution in [2.75, 3.05) is 10.7 Å². The van der Waals surface area contributed by atoms with Crippen LogP contribution < -0.4 is 4.90 Å². The number of nitrogens with zero attached hydrogens (tertiary/aromatic N) is 1. The quantitative estimate of drug-likeness (QED) is 0.857. The molecule has 0 fully saturated rings. The molecule has 22 heavy (non-hydrogen) atoms. The van der Waals surface area contributed by atoms with E-state index in [1.165, 1.54) is 11.8 Å². The minimum Gasteiger partial charge on any atom is -0.450 e. The van der Waals surface area contributed by atoms with Crippen LogP contribution in [-0.2, 0) is 20.7 Å². The summed E-state index contributed by atoms with van der Waals surface area (Å²) < 4.78 is 4.85. The highest BCUT2D eigenvalue weighted by Gasteiger charge is 2.38. The summed E-state index contributed by atoms with van der Waals surface area (Å²) in [6.45, 7) is 3.17. The van der Waals surface area contributed by atoms with Crippen LogP contribution in [-0.4, -0.2) is 34.3 Å². The van der Waals surface area contributed by atoms with E-state index in [1.54, 1.807) is 19.1 Å². The van der Waals surface area contributed by atoms with Crippen molar-refractivity contribution in [2.24, 2.45) is 5.92 Å². The van der Waals surface area contributed by atoms with Crippen LogP contribution in [0.4, 0.5) is 10.5 Å². The van der Waals surface area contributed by atoms with Gasteiger partial charge < -0.3 is 9.84 Å². The largest absolute Gasteiger partial charge is 0.507 e. The molecule has 1 aliphatic heterocycles. The fourth-order valence-corrected chi connectivity index (χ4v) is 3.00. The van der Waals surface area contributed by atoms with E-state index >= 15 is 0 Å². The van der Waals surface area contributed by atoms with Crippen molar-refractivity contribution >= 4 is 34.6 Å². The Morgan fingerprint density at radius 1 is 1.41 bits per heavy atom. The molecule has 2 atom stereocenters. The molecule has 0 bridgehead atoms. The van der Waals surface area contributed by atoms with Crippen LogP contribution in [0, 0.1) is 5.92 Å². The number of thioether (sulfide) groups is 1. The zero-order valence-corrected chi connectivity index (χ0v) is 13.1. The lowest BCUT2D eigenvalue weighted by Gasteiger charge is -2.26. The molecule has 0 aliphatic carbocycles. The maximum atomic E-state index is 12.6. The van der Waals surface area contributed by atoms with Crippen LogP contribution in [0.2, 0.25) is 0 Å². The summed E-state index contributed by atoms with van der Waals surface area (Å²) in [5.41, 5.74) is 1.53. The third kappa shape index (κ3) is 3.59. The van der Waals surface area contributed by atoms with Gasteiger partial charge >= 0.3 is 6.16 Å². The molecule has 1 amide bonds. The maximum absolute atomic E-state index is 12.6. The molecular formula is C15H17NO5S. The number of hydrogen-bond donors (Lipinski definition) is 1. The molecule has 0 radical (unpaired) electrons. The topological polar surface area (TPSA) is 83.9 Å². The summed E-state index contributed by atoms with van der Waals surface area (Å²) in [4.78, 5) is 35.9. The van der Waals surface area contributed by atoms with Gasteiger partial charge in [-0.3, -0.25) is 14.5 Å². The predicted octanol–water partition coefficient (Wildman–Crippen LogP) is 2.51. The van der Waals surface area contributed by atoms with Gasteiger partial charge in [0.2, 0.25) is 5.91 Å². The minimum absolute atomic E-state index is 0.0557. The van der Waals surface area contributed by atoms with Crippen LogP contribution in [0.1, 0.15) is 19.4 Å². The normalized spacial score (nSPS) is 17.7. The summed E-state index contributed by atoms with van der Waals surface area (Å²) in [6, 6.07) is 7.23. The van der Waals surface area contributed by atoms with Crippen molar-refractivity contribution in [3.63, 3.8) is 0 Å². The molecule has 2 rings (SSSR count). The number of benzene rings is 1. The van der Waals surface area contributed by atoms with E-state index in [1.807, 2.05) is 12.1 Å². The molecule has 6 nitrogen and oxygen atoms in total. The van der Waals surface area contributed by atoms with Crippen molar-refractivity contribution in [3.05, 3.63) is 29.8 Å². The maximum Gasteiger partial charge on any atom is 0.507 e. The number of carbonyl (C=O) groups excluding carboxylic acids is 2. The summed E-state index contributed by atoms with van der Waals surface area (Å²) in [7, 11) is 0. The Hall–Kier alpha value is -2.02. The predicted molar refractivity (Wildman–Crippen MR) is 82.8 cm³/mol. The van der Waals surface area contributed by atoms with E-state index < -0.39 is 18.3 Å². The highest BCUT2D eigenvalue weighted by molar-refractivity contribution is 8.13. The van der Waals surface area contributed by atoms with Crippen LogP contribution in [0.25, 0.3) is 0 Å². The lowest BCUT2D eigenvalue weighted by atomic mass is 10.1. The molecule has 1 heterocycles. The van der Waals surface area contributed by atoms with Gasteiger partial charge in [-0.25, -0.2) is 4.79 Å². The molecule has 0 saturated carbocycles. The van der Waals surface area contributed by atoms with Crippen molar-refractivity contribution in [3.8, 4) is 0 Å². The monoisotopic (exact) mass is 323 g/mol. The Morgan fingerprint density at radius 3 is 2.73 bits per heavy atom. The number of fused-ring (bicyclic) bond motifs is 1. The number of carboxylic acid groups (broad SMARTS) is 1. The van der Waals surface area contributed by atoms with Crippen LogP contribution in [0.3, 0.4) is 0 Å². The summed E-state index contributed by atoms with van der Waals surface area (Å²) in [6.07, 6.45) is -1.94. The first kappa shape index (κ1) is 16.4. The Labute approximate surface area is 132 Å². The van der Waals surface area contributed by atoms with Crippen molar-refractivity contribution in [2.45, 2.75) is 26.5 Å². The summed E-state index contributed by atoms with van der Waals surface area (Å²) >= 11 is 1.08. The Bertz CT molecular complexity index is 603. The van der Waals surface area contributed by atoms with Crippen LogP contribution in [0.5, 0.6) is 0 Å². The number of rotatable bonds is 4. The molecule has 0 spiro atoms. The van der Waals surface area contributed by atoms with Crippen molar-refractivity contribution in [1.82, 2.24) is 0 Å². The van der Waals surface area contributed by atoms with E-state index in [9.17, 15) is 14.4 Å². The number of hydrogen-bond acceptors (Lipinski definition) is 5. The molecule has 1 N–H and O–H groups in total. The average Bonchev–Trinajstić information content (AvgIpc) is 2.80. The number of para-hydroxylation sites is 1. The van der Waals surface area contributed by atoms with Crippen molar-refractivity contribution in [1.29, 1.82) is 0 Å². The second kappa shape index (κ2) is 6.83. The van der Waals surface area contributed by atoms with Gasteiger partial charge in [-0.2, -0.15) is 0 Å². The molecule has 2 unspecified atom stereocenters. The average molecular weight is 323 g/mol. The number of carbonyl (C=O) groups is 3. The van der Waals surface area contributed by atoms with Crippen molar-refractivity contribution < 1.29 is 24.2 Å². The SMILES string of the molecule is CC(=O)SCC(C)C(=O)N1c2ccccc2CC1OC(=O)O. The van der Waals surface area contributed by atoms with Gasteiger partial charge in [-0.05, 0) is 11.6 Å². The fraction of sp³-hybridized carbons (Fsp3) is 0.400. The fourth-order valence-electron chi connectivity index (χ4n) is 2.38. The number of ether oxygens (including phenoxy) is 1. The molecular weight excluding hydrogens is 306 g/mol. The molecule has 118 valence electrons. The Balaban J connectivity index is 2.21. The third-order valence-electron chi connectivity index (χ3n) is 3.37. The van der Waals surface area contributed by atoms with Gasteiger partial charge in [0.05, 0.1) is 5.69 Å². The zero-order chi connectivity index (χ0) is 16.3. The van der Waals surface area contributed by atoms with Gasteiger partial charge in [0.1, 0.15) is 0 Å². The van der Waals surface area contributed by atoms with Gasteiger partial charge in [0.25, 0.3) is 0 Å². The molecule has 1 aromatic carbocycles. The summed E-state index contributed by atoms with van der Waals surface area (Å²) in [5, 5.41) is 8.80. The first-order valence-corrected chi connectivity index (χ1v) is 7.82. The molecule has 0 aromatic heterocycles. The summed E-state index contributed by atoms with van der Waals surface area (Å²) in [5.74, 6) is -0.308. The van der Waals surface area contributed by atoms with E-state index in [0.29, 0.717) is 17.9 Å². The Morgan fingerprint density at radius 2 is 2.09 bits per heavy atom. The van der Waals surface area contributed by atoms with Gasteiger partial charge in [0, 0.05) is 25.0 Å². The molecule has 1 aliphatic rings. The third-order valence-corrected chi connectivity index (χ3v) is 4.44.